The predicted molar refractivity (Wildman–Crippen MR) is 145 cm³/mol. The maximum atomic E-state index is 11.7. The van der Waals surface area contributed by atoms with Gasteiger partial charge in [0, 0.05) is 25.1 Å². The zero-order valence-electron chi connectivity index (χ0n) is 21.7. The second kappa shape index (κ2) is 11.5. The number of fused-ring (bicyclic) bond motifs is 1. The first-order valence-electron chi connectivity index (χ1n) is 13.0. The van der Waals surface area contributed by atoms with Crippen molar-refractivity contribution in [1.82, 2.24) is 4.98 Å². The molecule has 0 saturated carbocycles. The molecule has 3 atom stereocenters. The van der Waals surface area contributed by atoms with Gasteiger partial charge in [-0.1, -0.05) is 30.2 Å². The van der Waals surface area contributed by atoms with Crippen LogP contribution in [0.15, 0.2) is 54.7 Å². The van der Waals surface area contributed by atoms with Crippen LogP contribution in [0.3, 0.4) is 0 Å². The molecule has 0 amide bonds. The van der Waals surface area contributed by atoms with Crippen molar-refractivity contribution in [2.75, 3.05) is 13.2 Å². The molecule has 1 saturated heterocycles. The van der Waals surface area contributed by atoms with Gasteiger partial charge < -0.3 is 14.2 Å². The van der Waals surface area contributed by atoms with E-state index < -0.39 is 0 Å². The first-order chi connectivity index (χ1) is 18.6. The molecule has 192 valence electrons. The number of ketones is 1. The Morgan fingerprint density at radius 2 is 2.00 bits per heavy atom. The third kappa shape index (κ3) is 5.57. The molecule has 2 aromatic carbocycles. The van der Waals surface area contributed by atoms with Gasteiger partial charge in [-0.2, -0.15) is 0 Å². The maximum absolute atomic E-state index is 11.7. The van der Waals surface area contributed by atoms with E-state index in [9.17, 15) is 4.79 Å². The van der Waals surface area contributed by atoms with E-state index in [4.69, 9.17) is 20.8 Å². The number of hydrogen-bond donors (Lipinski definition) is 0. The van der Waals surface area contributed by atoms with Gasteiger partial charge in [-0.3, -0.25) is 4.79 Å². The highest BCUT2D eigenvalue weighted by molar-refractivity contribution is 5.83. The van der Waals surface area contributed by atoms with Crippen LogP contribution >= 0.6 is 0 Å². The fourth-order valence-electron chi connectivity index (χ4n) is 5.22. The van der Waals surface area contributed by atoms with E-state index in [-0.39, 0.29) is 23.9 Å². The third-order valence-electron chi connectivity index (χ3n) is 7.02. The lowest BCUT2D eigenvalue weighted by Gasteiger charge is -2.18. The van der Waals surface area contributed by atoms with Crippen LogP contribution in [0.2, 0.25) is 0 Å². The van der Waals surface area contributed by atoms with Gasteiger partial charge in [0.05, 0.1) is 25.7 Å². The number of rotatable bonds is 8. The minimum absolute atomic E-state index is 0.0414. The molecule has 6 nitrogen and oxygen atoms in total. The van der Waals surface area contributed by atoms with Crippen molar-refractivity contribution in [3.63, 3.8) is 0 Å². The standard InChI is InChI=1S/C32H30N2O4/c1-4-5-23(18-21(2)35)22-6-9-25(10-7-22)37-30-14-12-28-27(30)11-13-29(33-3)32(28)24-8-15-31(34-19-24)38-26-16-17-36-20-26/h6-11,13,15,19,23,26,30H,12,14,16-18,20H2,1-2H3/t23-,26+,30+/m0/s1. The summed E-state index contributed by atoms with van der Waals surface area (Å²) < 4.78 is 17.7. The van der Waals surface area contributed by atoms with Gasteiger partial charge in [0.2, 0.25) is 5.88 Å². The van der Waals surface area contributed by atoms with Crippen molar-refractivity contribution < 1.29 is 19.0 Å². The topological polar surface area (TPSA) is 62.0 Å². The Bertz CT molecular complexity index is 1410. The Balaban J connectivity index is 1.35. The number of aromatic nitrogens is 1. The summed E-state index contributed by atoms with van der Waals surface area (Å²) in [5.74, 6) is 7.42. The Labute approximate surface area is 223 Å². The van der Waals surface area contributed by atoms with E-state index >= 15 is 0 Å². The molecule has 5 rings (SSSR count). The summed E-state index contributed by atoms with van der Waals surface area (Å²) in [6.45, 7) is 12.4. The lowest BCUT2D eigenvalue weighted by molar-refractivity contribution is -0.117. The number of hydrogen-bond acceptors (Lipinski definition) is 5. The molecule has 1 fully saturated rings. The van der Waals surface area contributed by atoms with Crippen LogP contribution in [-0.4, -0.2) is 30.1 Å². The third-order valence-corrected chi connectivity index (χ3v) is 7.02. The largest absolute Gasteiger partial charge is 0.486 e. The van der Waals surface area contributed by atoms with Crippen LogP contribution in [0.1, 0.15) is 61.8 Å². The van der Waals surface area contributed by atoms with Crippen LogP contribution < -0.4 is 9.47 Å². The number of carbonyl (C=O) groups excluding carboxylic acids is 1. The molecule has 2 heterocycles. The van der Waals surface area contributed by atoms with Crippen LogP contribution in [0.4, 0.5) is 5.69 Å². The molecular weight excluding hydrogens is 476 g/mol. The average molecular weight is 507 g/mol. The number of Topliss-reactive ketones (excluding diaryl/α,β-unsaturated/α-hetero) is 1. The zero-order chi connectivity index (χ0) is 26.5. The first kappa shape index (κ1) is 25.5. The number of pyridine rings is 1. The molecule has 2 aliphatic rings. The summed E-state index contributed by atoms with van der Waals surface area (Å²) in [7, 11) is 0. The second-order valence-corrected chi connectivity index (χ2v) is 9.70. The van der Waals surface area contributed by atoms with Crippen LogP contribution in [0.5, 0.6) is 11.6 Å². The Kier molecular flexibility index (Phi) is 7.73. The summed E-state index contributed by atoms with van der Waals surface area (Å²) in [6.07, 6.45) is 4.65. The minimum Gasteiger partial charge on any atom is -0.486 e. The van der Waals surface area contributed by atoms with Gasteiger partial charge in [-0.15, -0.1) is 5.92 Å². The zero-order valence-corrected chi connectivity index (χ0v) is 21.7. The second-order valence-electron chi connectivity index (χ2n) is 9.70. The smallest absolute Gasteiger partial charge is 0.213 e. The van der Waals surface area contributed by atoms with Crippen LogP contribution in [-0.2, 0) is 16.0 Å². The number of benzene rings is 2. The van der Waals surface area contributed by atoms with Crippen LogP contribution in [0, 0.1) is 18.4 Å². The molecular formula is C32H30N2O4. The quantitative estimate of drug-likeness (QED) is 0.254. The van der Waals surface area contributed by atoms with E-state index in [0.29, 0.717) is 31.2 Å². The highest BCUT2D eigenvalue weighted by Gasteiger charge is 2.28. The summed E-state index contributed by atoms with van der Waals surface area (Å²) >= 11 is 0. The summed E-state index contributed by atoms with van der Waals surface area (Å²) in [5.41, 5.74) is 5.69. The van der Waals surface area contributed by atoms with Gasteiger partial charge in [-0.05, 0) is 72.7 Å². The monoisotopic (exact) mass is 506 g/mol. The molecule has 0 spiro atoms. The minimum atomic E-state index is -0.106. The first-order valence-corrected chi connectivity index (χ1v) is 13.0. The molecule has 1 aromatic heterocycles. The molecule has 0 unspecified atom stereocenters. The van der Waals surface area contributed by atoms with Gasteiger partial charge >= 0.3 is 0 Å². The molecule has 0 radical (unpaired) electrons. The fraction of sp³-hybridized carbons (Fsp3) is 0.344. The van der Waals surface area contributed by atoms with Crippen LogP contribution in [0.25, 0.3) is 16.0 Å². The number of carbonyl (C=O) groups is 1. The number of ether oxygens (including phenoxy) is 3. The maximum Gasteiger partial charge on any atom is 0.213 e. The van der Waals surface area contributed by atoms with Crippen molar-refractivity contribution in [2.45, 2.75) is 57.7 Å². The molecule has 3 aromatic rings. The molecule has 1 aliphatic carbocycles. The van der Waals surface area contributed by atoms with Crippen molar-refractivity contribution in [3.05, 3.63) is 82.8 Å². The molecule has 1 aliphatic heterocycles. The Morgan fingerprint density at radius 1 is 1.16 bits per heavy atom. The summed E-state index contributed by atoms with van der Waals surface area (Å²) in [4.78, 5) is 20.0. The van der Waals surface area contributed by atoms with Crippen molar-refractivity contribution in [3.8, 4) is 34.6 Å². The lowest BCUT2D eigenvalue weighted by Crippen LogP contribution is -2.16. The van der Waals surface area contributed by atoms with Crippen molar-refractivity contribution in [1.29, 1.82) is 0 Å². The van der Waals surface area contributed by atoms with Crippen molar-refractivity contribution >= 4 is 11.5 Å². The Morgan fingerprint density at radius 3 is 2.66 bits per heavy atom. The van der Waals surface area contributed by atoms with Gasteiger partial charge in [0.1, 0.15) is 23.7 Å². The SMILES string of the molecule is [C-]#[N+]c1ccc2c(c1-c1ccc(O[C@@H]3CCOC3)nc1)CC[C@H]2Oc1ccc([C@@H](C#CC)CC(C)=O)cc1. The molecule has 38 heavy (non-hydrogen) atoms. The van der Waals surface area contributed by atoms with Gasteiger partial charge in [0.25, 0.3) is 0 Å². The normalized spacial score (nSPS) is 18.6. The highest BCUT2D eigenvalue weighted by atomic mass is 16.5. The summed E-state index contributed by atoms with van der Waals surface area (Å²) in [5, 5.41) is 0. The molecule has 0 bridgehead atoms. The van der Waals surface area contributed by atoms with E-state index in [0.717, 1.165) is 52.8 Å². The van der Waals surface area contributed by atoms with E-state index in [1.807, 2.05) is 48.5 Å². The fourth-order valence-corrected chi connectivity index (χ4v) is 5.22. The Hall–Kier alpha value is -4.13. The van der Waals surface area contributed by atoms with E-state index in [1.54, 1.807) is 20.0 Å². The molecule has 6 heteroatoms. The lowest BCUT2D eigenvalue weighted by atomic mass is 9.94. The highest BCUT2D eigenvalue weighted by Crippen LogP contribution is 2.44. The molecule has 0 N–H and O–H groups in total. The van der Waals surface area contributed by atoms with Crippen molar-refractivity contribution in [2.24, 2.45) is 0 Å². The van der Waals surface area contributed by atoms with Gasteiger partial charge in [0.15, 0.2) is 5.69 Å². The average Bonchev–Trinajstić information content (AvgIpc) is 3.59. The summed E-state index contributed by atoms with van der Waals surface area (Å²) in [6, 6.07) is 15.6. The van der Waals surface area contributed by atoms with E-state index in [1.165, 1.54) is 0 Å². The predicted octanol–water partition coefficient (Wildman–Crippen LogP) is 6.62. The number of nitrogens with zero attached hydrogens (tertiary/aromatic N) is 2. The van der Waals surface area contributed by atoms with Gasteiger partial charge in [-0.25, -0.2) is 9.83 Å². The van der Waals surface area contributed by atoms with E-state index in [2.05, 4.69) is 21.7 Å².